The molecule has 0 aliphatic carbocycles. The molecular weight excluding hydrogens is 322 g/mol. The first-order chi connectivity index (χ1) is 11.5. The number of rotatable bonds is 5. The van der Waals surface area contributed by atoms with Gasteiger partial charge in [-0.15, -0.1) is 0 Å². The quantitative estimate of drug-likeness (QED) is 0.380. The number of halogens is 2. The third kappa shape index (κ3) is 3.49. The van der Waals surface area contributed by atoms with E-state index in [-0.39, 0.29) is 11.1 Å². The Bertz CT molecular complexity index is 757. The van der Waals surface area contributed by atoms with Gasteiger partial charge in [-0.3, -0.25) is 9.59 Å². The van der Waals surface area contributed by atoms with E-state index >= 15 is 0 Å². The highest BCUT2D eigenvalue weighted by Crippen LogP contribution is 2.10. The molecule has 2 aromatic rings. The van der Waals surface area contributed by atoms with Crippen LogP contribution < -0.4 is 0 Å². The molecule has 0 unspecified atom stereocenters. The SMILES string of the molecule is O=C(C(=N\O)/C(=N/O)C(=O)c1ccc(F)cc1)c1ccc(F)cc1. The van der Waals surface area contributed by atoms with Gasteiger partial charge in [-0.2, -0.15) is 0 Å². The van der Waals surface area contributed by atoms with E-state index in [0.717, 1.165) is 48.5 Å². The lowest BCUT2D eigenvalue weighted by Gasteiger charge is -2.06. The molecule has 0 bridgehead atoms. The first-order valence-electron chi connectivity index (χ1n) is 6.53. The van der Waals surface area contributed by atoms with Gasteiger partial charge in [0, 0.05) is 11.1 Å². The Labute approximate surface area is 134 Å². The van der Waals surface area contributed by atoms with Crippen molar-refractivity contribution in [2.45, 2.75) is 0 Å². The Hall–Kier alpha value is -3.42. The van der Waals surface area contributed by atoms with Gasteiger partial charge >= 0.3 is 0 Å². The molecule has 2 rings (SSSR count). The Balaban J connectivity index is 2.36. The molecule has 8 heteroatoms. The van der Waals surface area contributed by atoms with Crippen molar-refractivity contribution in [2.75, 3.05) is 0 Å². The number of Topliss-reactive ketones (excluding diaryl/α,β-unsaturated/α-hetero) is 2. The summed E-state index contributed by atoms with van der Waals surface area (Å²) in [5.74, 6) is -3.10. The number of carbonyl (C=O) groups excluding carboxylic acids is 2. The molecule has 0 amide bonds. The number of oxime groups is 2. The zero-order chi connectivity index (χ0) is 17.7. The summed E-state index contributed by atoms with van der Waals surface area (Å²) in [6, 6.07) is 8.44. The molecule has 0 heterocycles. The lowest BCUT2D eigenvalue weighted by atomic mass is 9.97. The monoisotopic (exact) mass is 332 g/mol. The molecule has 0 atom stereocenters. The van der Waals surface area contributed by atoms with Gasteiger partial charge < -0.3 is 10.4 Å². The Kier molecular flexibility index (Phi) is 5.10. The molecule has 2 N–H and O–H groups in total. The van der Waals surface area contributed by atoms with Crippen molar-refractivity contribution in [3.63, 3.8) is 0 Å². The lowest BCUT2D eigenvalue weighted by molar-refractivity contribution is 0.104. The minimum Gasteiger partial charge on any atom is -0.410 e. The van der Waals surface area contributed by atoms with Crippen LogP contribution >= 0.6 is 0 Å². The van der Waals surface area contributed by atoms with E-state index in [1.807, 2.05) is 0 Å². The number of nitrogens with zero attached hydrogens (tertiary/aromatic N) is 2. The standard InChI is InChI=1S/C16H10F2N2O4/c17-11-5-1-9(2-6-11)15(21)13(19-23)14(20-24)16(22)10-3-7-12(18)8-4-10/h1-8,23-24H/b19-13-,20-14-. The largest absolute Gasteiger partial charge is 0.410 e. The van der Waals surface area contributed by atoms with E-state index in [9.17, 15) is 18.4 Å². The van der Waals surface area contributed by atoms with Crippen LogP contribution in [0.3, 0.4) is 0 Å². The number of carbonyl (C=O) groups is 2. The van der Waals surface area contributed by atoms with Crippen molar-refractivity contribution in [1.82, 2.24) is 0 Å². The minimum atomic E-state index is -0.958. The topological polar surface area (TPSA) is 99.3 Å². The van der Waals surface area contributed by atoms with Crippen LogP contribution in [0.4, 0.5) is 8.78 Å². The van der Waals surface area contributed by atoms with Crippen molar-refractivity contribution < 1.29 is 28.8 Å². The minimum absolute atomic E-state index is 0.0859. The van der Waals surface area contributed by atoms with Gasteiger partial charge in [0.05, 0.1) is 0 Å². The van der Waals surface area contributed by atoms with Crippen molar-refractivity contribution in [1.29, 1.82) is 0 Å². The average Bonchev–Trinajstić information content (AvgIpc) is 2.59. The molecule has 0 aliphatic heterocycles. The molecule has 6 nitrogen and oxygen atoms in total. The Morgan fingerprint density at radius 2 is 0.958 bits per heavy atom. The number of ketones is 2. The van der Waals surface area contributed by atoms with Crippen LogP contribution in [-0.4, -0.2) is 33.4 Å². The van der Waals surface area contributed by atoms with Gasteiger partial charge in [0.2, 0.25) is 11.6 Å². The predicted molar refractivity (Wildman–Crippen MR) is 79.9 cm³/mol. The molecule has 0 saturated carbocycles. The highest BCUT2D eigenvalue weighted by Gasteiger charge is 2.28. The molecule has 0 saturated heterocycles. The second kappa shape index (κ2) is 7.23. The van der Waals surface area contributed by atoms with Gasteiger partial charge in [0.25, 0.3) is 0 Å². The lowest BCUT2D eigenvalue weighted by Crippen LogP contribution is -2.31. The fourth-order valence-electron chi connectivity index (χ4n) is 1.88. The van der Waals surface area contributed by atoms with Crippen LogP contribution in [0.1, 0.15) is 20.7 Å². The Morgan fingerprint density at radius 1 is 0.667 bits per heavy atom. The maximum atomic E-state index is 12.9. The summed E-state index contributed by atoms with van der Waals surface area (Å²) in [6.45, 7) is 0. The molecule has 24 heavy (non-hydrogen) atoms. The highest BCUT2D eigenvalue weighted by molar-refractivity contribution is 6.84. The molecule has 122 valence electrons. The van der Waals surface area contributed by atoms with Crippen molar-refractivity contribution in [2.24, 2.45) is 10.3 Å². The third-order valence-electron chi connectivity index (χ3n) is 3.07. The first kappa shape index (κ1) is 16.9. The zero-order valence-corrected chi connectivity index (χ0v) is 12.0. The molecule has 0 fully saturated rings. The first-order valence-corrected chi connectivity index (χ1v) is 6.53. The second-order valence-electron chi connectivity index (χ2n) is 4.57. The average molecular weight is 332 g/mol. The summed E-state index contributed by atoms with van der Waals surface area (Å²) in [6.07, 6.45) is 0. The van der Waals surface area contributed by atoms with Crippen molar-refractivity contribution in [3.05, 3.63) is 71.3 Å². The van der Waals surface area contributed by atoms with Crippen LogP contribution in [-0.2, 0) is 0 Å². The third-order valence-corrected chi connectivity index (χ3v) is 3.07. The molecule has 2 aromatic carbocycles. The summed E-state index contributed by atoms with van der Waals surface area (Å²) in [4.78, 5) is 24.5. The highest BCUT2D eigenvalue weighted by atomic mass is 19.1. The summed E-state index contributed by atoms with van der Waals surface area (Å²) in [7, 11) is 0. The maximum Gasteiger partial charge on any atom is 0.217 e. The van der Waals surface area contributed by atoms with Crippen LogP contribution in [0.25, 0.3) is 0 Å². The molecule has 0 radical (unpaired) electrons. The van der Waals surface area contributed by atoms with E-state index in [1.165, 1.54) is 0 Å². The summed E-state index contributed by atoms with van der Waals surface area (Å²) in [5.41, 5.74) is -1.84. The molecular formula is C16H10F2N2O4. The van der Waals surface area contributed by atoms with Gasteiger partial charge in [0.15, 0.2) is 11.4 Å². The van der Waals surface area contributed by atoms with Crippen LogP contribution in [0.15, 0.2) is 58.8 Å². The van der Waals surface area contributed by atoms with Gasteiger partial charge in [-0.1, -0.05) is 10.3 Å². The Morgan fingerprint density at radius 3 is 1.21 bits per heavy atom. The fraction of sp³-hybridized carbons (Fsp3) is 0. The van der Waals surface area contributed by atoms with E-state index in [1.54, 1.807) is 0 Å². The predicted octanol–water partition coefficient (Wildman–Crippen LogP) is 2.69. The summed E-state index contributed by atoms with van der Waals surface area (Å²) < 4.78 is 25.8. The van der Waals surface area contributed by atoms with E-state index in [4.69, 9.17) is 10.4 Å². The summed E-state index contributed by atoms with van der Waals surface area (Å²) in [5, 5.41) is 23.5. The van der Waals surface area contributed by atoms with Crippen LogP contribution in [0, 0.1) is 11.6 Å². The number of hydrogen-bond acceptors (Lipinski definition) is 6. The van der Waals surface area contributed by atoms with E-state index < -0.39 is 34.6 Å². The van der Waals surface area contributed by atoms with Crippen LogP contribution in [0.2, 0.25) is 0 Å². The van der Waals surface area contributed by atoms with Gasteiger partial charge in [0.1, 0.15) is 11.6 Å². The smallest absolute Gasteiger partial charge is 0.217 e. The second-order valence-corrected chi connectivity index (χ2v) is 4.57. The van der Waals surface area contributed by atoms with E-state index in [0.29, 0.717) is 0 Å². The maximum absolute atomic E-state index is 12.9. The van der Waals surface area contributed by atoms with Crippen LogP contribution in [0.5, 0.6) is 0 Å². The molecule has 0 spiro atoms. The molecule has 0 aromatic heterocycles. The molecule has 0 aliphatic rings. The van der Waals surface area contributed by atoms with Crippen molar-refractivity contribution in [3.8, 4) is 0 Å². The van der Waals surface area contributed by atoms with Gasteiger partial charge in [-0.05, 0) is 48.5 Å². The van der Waals surface area contributed by atoms with E-state index in [2.05, 4.69) is 10.3 Å². The van der Waals surface area contributed by atoms with Crippen molar-refractivity contribution >= 4 is 23.0 Å². The number of benzene rings is 2. The van der Waals surface area contributed by atoms with Gasteiger partial charge in [-0.25, -0.2) is 8.78 Å². The number of hydrogen-bond donors (Lipinski definition) is 2. The fourth-order valence-corrected chi connectivity index (χ4v) is 1.88. The normalized spacial score (nSPS) is 12.1. The zero-order valence-electron chi connectivity index (χ0n) is 12.0. The summed E-state index contributed by atoms with van der Waals surface area (Å²) >= 11 is 0.